The highest BCUT2D eigenvalue weighted by molar-refractivity contribution is 5.88. The molecular formula is C29H34F6N4O4. The molecule has 0 aromatic heterocycles. The lowest BCUT2D eigenvalue weighted by atomic mass is 9.98. The van der Waals surface area contributed by atoms with Crippen molar-refractivity contribution in [3.05, 3.63) is 70.8 Å². The molecule has 2 aliphatic rings. The third-order valence-corrected chi connectivity index (χ3v) is 7.28. The molecule has 2 aromatic rings. The smallest absolute Gasteiger partial charge is 0.416 e. The maximum absolute atomic E-state index is 13.5. The van der Waals surface area contributed by atoms with E-state index in [0.29, 0.717) is 37.9 Å². The van der Waals surface area contributed by atoms with Gasteiger partial charge >= 0.3 is 18.4 Å². The zero-order valence-electron chi connectivity index (χ0n) is 22.5. The molecule has 2 saturated heterocycles. The van der Waals surface area contributed by atoms with Gasteiger partial charge in [0, 0.05) is 19.0 Å². The van der Waals surface area contributed by atoms with Crippen molar-refractivity contribution < 1.29 is 45.5 Å². The molecule has 0 saturated carbocycles. The van der Waals surface area contributed by atoms with Gasteiger partial charge in [0.05, 0.1) is 17.7 Å². The van der Waals surface area contributed by atoms with Gasteiger partial charge in [-0.05, 0) is 48.7 Å². The summed E-state index contributed by atoms with van der Waals surface area (Å²) in [6.07, 6.45) is -10.7. The fourth-order valence-corrected chi connectivity index (χ4v) is 5.22. The fraction of sp³-hybridized carbons (Fsp3) is 0.483. The van der Waals surface area contributed by atoms with Crippen LogP contribution >= 0.6 is 0 Å². The van der Waals surface area contributed by atoms with Crippen molar-refractivity contribution >= 4 is 17.9 Å². The topological polar surface area (TPSA) is 96.2 Å². The van der Waals surface area contributed by atoms with Gasteiger partial charge in [-0.1, -0.05) is 44.2 Å². The van der Waals surface area contributed by atoms with Gasteiger partial charge in [0.25, 0.3) is 0 Å². The maximum atomic E-state index is 13.5. The van der Waals surface area contributed by atoms with Crippen LogP contribution in [0.4, 0.5) is 31.1 Å². The van der Waals surface area contributed by atoms with E-state index < -0.39 is 54.0 Å². The van der Waals surface area contributed by atoms with Crippen LogP contribution in [0, 0.1) is 0 Å². The van der Waals surface area contributed by atoms with E-state index in [1.165, 1.54) is 14.7 Å². The Morgan fingerprint density at radius 2 is 1.53 bits per heavy atom. The molecule has 2 aliphatic heterocycles. The van der Waals surface area contributed by atoms with E-state index >= 15 is 0 Å². The fourth-order valence-electron chi connectivity index (χ4n) is 5.22. The summed E-state index contributed by atoms with van der Waals surface area (Å²) in [4.78, 5) is 43.4. The Morgan fingerprint density at radius 3 is 2.12 bits per heavy atom. The van der Waals surface area contributed by atoms with E-state index in [1.54, 1.807) is 12.1 Å². The summed E-state index contributed by atoms with van der Waals surface area (Å²) in [6.45, 7) is -0.631. The van der Waals surface area contributed by atoms with E-state index in [4.69, 9.17) is 10.5 Å². The zero-order chi connectivity index (χ0) is 30.7. The number of amides is 3. The number of benzene rings is 2. The molecule has 0 spiro atoms. The number of piperazine rings is 1. The Labute approximate surface area is 245 Å². The van der Waals surface area contributed by atoms with Crippen molar-refractivity contribution in [3.8, 4) is 0 Å². The predicted octanol–water partition coefficient (Wildman–Crippen LogP) is 5.40. The van der Waals surface area contributed by atoms with Crippen molar-refractivity contribution in [2.45, 2.75) is 70.8 Å². The highest BCUT2D eigenvalue weighted by Gasteiger charge is 2.47. The van der Waals surface area contributed by atoms with Crippen LogP contribution in [0.1, 0.15) is 55.4 Å². The van der Waals surface area contributed by atoms with Crippen molar-refractivity contribution in [2.75, 3.05) is 19.6 Å². The minimum absolute atomic E-state index is 0. The van der Waals surface area contributed by atoms with Crippen LogP contribution in [0.3, 0.4) is 0 Å². The Hall–Kier alpha value is -3.81. The number of nitrogens with two attached hydrogens (primary N) is 1. The summed E-state index contributed by atoms with van der Waals surface area (Å²) >= 11 is 0. The quantitative estimate of drug-likeness (QED) is 0.317. The first-order valence-corrected chi connectivity index (χ1v) is 13.3. The molecule has 8 nitrogen and oxygen atoms in total. The molecular weight excluding hydrogens is 582 g/mol. The minimum Gasteiger partial charge on any atom is -0.444 e. The molecule has 14 heteroatoms. The number of carbonyl (C=O) groups is 3. The van der Waals surface area contributed by atoms with Crippen LogP contribution in [0.15, 0.2) is 48.5 Å². The molecule has 0 aliphatic carbocycles. The van der Waals surface area contributed by atoms with Crippen molar-refractivity contribution in [3.63, 3.8) is 0 Å². The molecule has 2 heterocycles. The number of hydrogen-bond donors (Lipinski definition) is 1. The molecule has 2 N–H and O–H groups in total. The number of unbranched alkanes of at least 4 members (excludes halogenated alkanes) is 1. The van der Waals surface area contributed by atoms with Gasteiger partial charge in [0.1, 0.15) is 19.3 Å². The summed E-state index contributed by atoms with van der Waals surface area (Å²) in [5.41, 5.74) is 2.86. The molecule has 0 bridgehead atoms. The number of hydrogen-bond acceptors (Lipinski definition) is 5. The lowest BCUT2D eigenvalue weighted by Gasteiger charge is -2.51. The number of alkyl halides is 6. The summed E-state index contributed by atoms with van der Waals surface area (Å²) < 4.78 is 85.1. The van der Waals surface area contributed by atoms with Crippen LogP contribution in [0.2, 0.25) is 0 Å². The number of fused-ring (bicyclic) bond motifs is 1. The van der Waals surface area contributed by atoms with E-state index in [0.717, 1.165) is 5.56 Å². The third kappa shape index (κ3) is 8.18. The molecule has 2 atom stereocenters. The van der Waals surface area contributed by atoms with Crippen molar-refractivity contribution in [1.29, 1.82) is 0 Å². The monoisotopic (exact) mass is 616 g/mol. The molecule has 4 rings (SSSR count). The summed E-state index contributed by atoms with van der Waals surface area (Å²) in [7, 11) is 0. The van der Waals surface area contributed by atoms with Gasteiger partial charge in [-0.3, -0.25) is 14.5 Å². The average Bonchev–Trinajstić information content (AvgIpc) is 2.92. The molecule has 0 radical (unpaired) electrons. The van der Waals surface area contributed by atoms with Crippen molar-refractivity contribution in [2.24, 2.45) is 5.73 Å². The Kier molecular flexibility index (Phi) is 10.7. The van der Waals surface area contributed by atoms with Gasteiger partial charge in [-0.2, -0.15) is 26.3 Å². The first kappa shape index (κ1) is 33.7. The Balaban J connectivity index is 0.00000506. The molecule has 2 unspecified atom stereocenters. The Morgan fingerprint density at radius 1 is 0.907 bits per heavy atom. The minimum atomic E-state index is -5.06. The second-order valence-electron chi connectivity index (χ2n) is 10.3. The molecule has 236 valence electrons. The third-order valence-electron chi connectivity index (χ3n) is 7.28. The predicted molar refractivity (Wildman–Crippen MR) is 144 cm³/mol. The second-order valence-corrected chi connectivity index (χ2v) is 10.3. The average molecular weight is 617 g/mol. The standard InChI is InChI=1S/C28H30F6N4O4.CH4/c29-27(30,31)20-10-19(11-21(12-20)28(32,33)34)17-42-26(41)38-22(8-4-5-9-35)13-24(39)37-16-25(40)36(15-23(37)38)14-18-6-2-1-3-7-18;/h1-3,6-7,10-12,22-23H,4-5,8-9,13-17,35H2;1H4. The van der Waals surface area contributed by atoms with E-state index in [9.17, 15) is 40.7 Å². The number of halogens is 6. The lowest BCUT2D eigenvalue weighted by Crippen LogP contribution is -2.69. The number of ether oxygens (including phenoxy) is 1. The molecule has 43 heavy (non-hydrogen) atoms. The molecule has 2 fully saturated rings. The number of carbonyl (C=O) groups excluding carboxylic acids is 3. The highest BCUT2D eigenvalue weighted by atomic mass is 19.4. The van der Waals surface area contributed by atoms with Crippen LogP contribution in [0.5, 0.6) is 0 Å². The van der Waals surface area contributed by atoms with Crippen molar-refractivity contribution in [1.82, 2.24) is 14.7 Å². The van der Waals surface area contributed by atoms with Crippen LogP contribution < -0.4 is 5.73 Å². The van der Waals surface area contributed by atoms with Crippen LogP contribution in [-0.2, 0) is 39.8 Å². The normalized spacial score (nSPS) is 19.2. The van der Waals surface area contributed by atoms with Crippen LogP contribution in [-0.4, -0.2) is 64.4 Å². The summed E-state index contributed by atoms with van der Waals surface area (Å²) in [5, 5.41) is 0. The van der Waals surface area contributed by atoms with Gasteiger partial charge in [-0.25, -0.2) is 4.79 Å². The summed E-state index contributed by atoms with van der Waals surface area (Å²) in [5.74, 6) is -0.677. The molecule has 2 aromatic carbocycles. The largest absolute Gasteiger partial charge is 0.444 e. The number of rotatable bonds is 8. The first-order valence-electron chi connectivity index (χ1n) is 13.3. The van der Waals surface area contributed by atoms with Crippen LogP contribution in [0.25, 0.3) is 0 Å². The van der Waals surface area contributed by atoms with E-state index in [2.05, 4.69) is 0 Å². The summed E-state index contributed by atoms with van der Waals surface area (Å²) in [6, 6.07) is 9.36. The highest BCUT2D eigenvalue weighted by Crippen LogP contribution is 2.37. The lowest BCUT2D eigenvalue weighted by molar-refractivity contribution is -0.164. The van der Waals surface area contributed by atoms with Gasteiger partial charge in [0.15, 0.2) is 0 Å². The Bertz CT molecular complexity index is 1260. The van der Waals surface area contributed by atoms with Gasteiger partial charge < -0.3 is 20.3 Å². The van der Waals surface area contributed by atoms with Gasteiger partial charge in [0.2, 0.25) is 11.8 Å². The van der Waals surface area contributed by atoms with Gasteiger partial charge in [-0.15, -0.1) is 0 Å². The first-order chi connectivity index (χ1) is 19.8. The second kappa shape index (κ2) is 13.7. The van der Waals surface area contributed by atoms with E-state index in [1.807, 2.05) is 18.2 Å². The SMILES string of the molecule is C.NCCCCC1CC(=O)N2CC(=O)N(Cc3ccccc3)CC2N1C(=O)OCc1cc(C(F)(F)F)cc(C(F)(F)F)c1. The maximum Gasteiger partial charge on any atom is 0.416 e. The number of nitrogens with zero attached hydrogens (tertiary/aromatic N) is 3. The molecule has 3 amide bonds. The zero-order valence-corrected chi connectivity index (χ0v) is 22.5. The van der Waals surface area contributed by atoms with E-state index in [-0.39, 0.29) is 51.4 Å².